The van der Waals surface area contributed by atoms with Gasteiger partial charge in [0.15, 0.2) is 0 Å². The van der Waals surface area contributed by atoms with Gasteiger partial charge in [0.25, 0.3) is 5.91 Å². The Balaban J connectivity index is 3.57. The number of rotatable bonds is 4. The molecule has 0 aliphatic heterocycles. The highest BCUT2D eigenvalue weighted by atomic mass is 16.7. The number of hydroxylamine groups is 1. The second-order valence-electron chi connectivity index (χ2n) is 2.12. The number of hydrogen-bond acceptors (Lipinski definition) is 4. The van der Waals surface area contributed by atoms with Gasteiger partial charge in [0.05, 0.1) is 0 Å². The van der Waals surface area contributed by atoms with Crippen LogP contribution in [0.2, 0.25) is 0 Å². The lowest BCUT2D eigenvalue weighted by molar-refractivity contribution is -0.153. The maximum absolute atomic E-state index is 10.7. The van der Waals surface area contributed by atoms with Crippen LogP contribution in [0.4, 0.5) is 0 Å². The van der Waals surface area contributed by atoms with Crippen LogP contribution in [-0.2, 0) is 19.2 Å². The van der Waals surface area contributed by atoms with Crippen molar-refractivity contribution in [3.05, 3.63) is 12.7 Å². The maximum atomic E-state index is 10.7. The van der Waals surface area contributed by atoms with Crippen molar-refractivity contribution in [1.82, 2.24) is 5.48 Å². The Bertz CT molecular complexity index is 237. The molecule has 0 saturated heterocycles. The van der Waals surface area contributed by atoms with Gasteiger partial charge in [-0.1, -0.05) is 6.58 Å². The summed E-state index contributed by atoms with van der Waals surface area (Å²) in [5.74, 6) is -1.95. The lowest BCUT2D eigenvalue weighted by Crippen LogP contribution is -2.27. The van der Waals surface area contributed by atoms with Crippen molar-refractivity contribution in [2.24, 2.45) is 5.73 Å². The Morgan fingerprint density at radius 1 is 1.38 bits per heavy atom. The summed E-state index contributed by atoms with van der Waals surface area (Å²) in [4.78, 5) is 35.5. The molecule has 0 aliphatic carbocycles. The molecule has 0 saturated carbocycles. The van der Waals surface area contributed by atoms with E-state index in [1.165, 1.54) is 0 Å². The number of primary amides is 1. The third-order valence-corrected chi connectivity index (χ3v) is 1.03. The van der Waals surface area contributed by atoms with Crippen molar-refractivity contribution in [3.8, 4) is 0 Å². The molecule has 0 fully saturated rings. The molecule has 3 N–H and O–H groups in total. The molecular weight excluding hydrogens is 176 g/mol. The zero-order valence-electron chi connectivity index (χ0n) is 6.91. The van der Waals surface area contributed by atoms with E-state index < -0.39 is 17.8 Å². The SMILES string of the molecule is C=CC(=O)ONC(=O)CCC(N)=O. The van der Waals surface area contributed by atoms with Gasteiger partial charge in [-0.25, -0.2) is 4.79 Å². The van der Waals surface area contributed by atoms with E-state index in [4.69, 9.17) is 5.73 Å². The average molecular weight is 186 g/mol. The molecule has 2 amide bonds. The van der Waals surface area contributed by atoms with Crippen molar-refractivity contribution >= 4 is 17.8 Å². The predicted molar refractivity (Wildman–Crippen MR) is 42.9 cm³/mol. The summed E-state index contributed by atoms with van der Waals surface area (Å²) in [6.45, 7) is 3.11. The minimum absolute atomic E-state index is 0.0858. The van der Waals surface area contributed by atoms with Gasteiger partial charge in [-0.05, 0) is 0 Å². The second-order valence-corrected chi connectivity index (χ2v) is 2.12. The smallest absolute Gasteiger partial charge is 0.355 e. The highest BCUT2D eigenvalue weighted by Gasteiger charge is 2.05. The molecule has 0 aromatic heterocycles. The standard InChI is InChI=1S/C7H10N2O4/c1-2-7(12)13-9-6(11)4-3-5(8)10/h2H,1,3-4H2,(H2,8,10)(H,9,11). The van der Waals surface area contributed by atoms with E-state index in [-0.39, 0.29) is 12.8 Å². The van der Waals surface area contributed by atoms with E-state index in [9.17, 15) is 14.4 Å². The molecular formula is C7H10N2O4. The minimum atomic E-state index is -0.771. The molecule has 0 radical (unpaired) electrons. The fraction of sp³-hybridized carbons (Fsp3) is 0.286. The topological polar surface area (TPSA) is 98.5 Å². The van der Waals surface area contributed by atoms with Gasteiger partial charge in [0.2, 0.25) is 5.91 Å². The Morgan fingerprint density at radius 3 is 2.46 bits per heavy atom. The Hall–Kier alpha value is -1.85. The van der Waals surface area contributed by atoms with Crippen LogP contribution in [0.5, 0.6) is 0 Å². The van der Waals surface area contributed by atoms with Gasteiger partial charge in [0, 0.05) is 18.9 Å². The lowest BCUT2D eigenvalue weighted by Gasteiger charge is -2.01. The third kappa shape index (κ3) is 6.54. The first-order chi connectivity index (χ1) is 6.06. The fourth-order valence-electron chi connectivity index (χ4n) is 0.437. The summed E-state index contributed by atoms with van der Waals surface area (Å²) in [6.07, 6.45) is 0.700. The minimum Gasteiger partial charge on any atom is -0.370 e. The zero-order chi connectivity index (χ0) is 10.3. The van der Waals surface area contributed by atoms with Crippen molar-refractivity contribution in [3.63, 3.8) is 0 Å². The summed E-state index contributed by atoms with van der Waals surface area (Å²) in [5.41, 5.74) is 6.60. The fourth-order valence-corrected chi connectivity index (χ4v) is 0.437. The largest absolute Gasteiger partial charge is 0.370 e. The molecule has 6 heteroatoms. The Labute approximate surface area is 74.7 Å². The van der Waals surface area contributed by atoms with Gasteiger partial charge in [-0.15, -0.1) is 0 Å². The summed E-state index contributed by atoms with van der Waals surface area (Å²) in [6, 6.07) is 0. The Morgan fingerprint density at radius 2 is 2.00 bits per heavy atom. The third-order valence-electron chi connectivity index (χ3n) is 1.03. The molecule has 0 spiro atoms. The first kappa shape index (κ1) is 11.2. The van der Waals surface area contributed by atoms with Crippen LogP contribution in [0.25, 0.3) is 0 Å². The number of carbonyl (C=O) groups is 3. The maximum Gasteiger partial charge on any atom is 0.355 e. The molecule has 0 aliphatic rings. The number of nitrogens with one attached hydrogen (secondary N) is 1. The molecule has 0 heterocycles. The van der Waals surface area contributed by atoms with Crippen LogP contribution in [0.1, 0.15) is 12.8 Å². The summed E-state index contributed by atoms with van der Waals surface area (Å²) < 4.78 is 0. The van der Waals surface area contributed by atoms with E-state index in [0.717, 1.165) is 6.08 Å². The average Bonchev–Trinajstić information content (AvgIpc) is 2.10. The van der Waals surface area contributed by atoms with E-state index in [0.29, 0.717) is 0 Å². The number of hydrogen-bond donors (Lipinski definition) is 2. The van der Waals surface area contributed by atoms with Gasteiger partial charge in [-0.2, -0.15) is 5.48 Å². The molecule has 13 heavy (non-hydrogen) atoms. The van der Waals surface area contributed by atoms with Crippen LogP contribution in [0.3, 0.4) is 0 Å². The molecule has 0 aromatic carbocycles. The molecule has 6 nitrogen and oxygen atoms in total. The quantitative estimate of drug-likeness (QED) is 0.435. The number of amides is 2. The van der Waals surface area contributed by atoms with Crippen LogP contribution in [-0.4, -0.2) is 17.8 Å². The zero-order valence-corrected chi connectivity index (χ0v) is 6.91. The Kier molecular flexibility index (Phi) is 4.94. The van der Waals surface area contributed by atoms with Crippen molar-refractivity contribution in [2.45, 2.75) is 12.8 Å². The second kappa shape index (κ2) is 5.76. The van der Waals surface area contributed by atoms with Gasteiger partial charge in [0.1, 0.15) is 0 Å². The van der Waals surface area contributed by atoms with Crippen molar-refractivity contribution in [2.75, 3.05) is 0 Å². The van der Waals surface area contributed by atoms with Crippen molar-refractivity contribution in [1.29, 1.82) is 0 Å². The number of carbonyl (C=O) groups excluding carboxylic acids is 3. The summed E-state index contributed by atoms with van der Waals surface area (Å²) >= 11 is 0. The highest BCUT2D eigenvalue weighted by molar-refractivity contribution is 5.85. The molecule has 72 valence electrons. The van der Waals surface area contributed by atoms with Crippen LogP contribution in [0.15, 0.2) is 12.7 Å². The predicted octanol–water partition coefficient (Wildman–Crippen LogP) is -0.988. The first-order valence-electron chi connectivity index (χ1n) is 3.46. The lowest BCUT2D eigenvalue weighted by atomic mass is 10.3. The normalized spacial score (nSPS) is 8.62. The van der Waals surface area contributed by atoms with Crippen LogP contribution >= 0.6 is 0 Å². The summed E-state index contributed by atoms with van der Waals surface area (Å²) in [5, 5.41) is 0. The van der Waals surface area contributed by atoms with Crippen LogP contribution in [0, 0.1) is 0 Å². The number of nitrogens with two attached hydrogens (primary N) is 1. The van der Waals surface area contributed by atoms with Crippen LogP contribution < -0.4 is 11.2 Å². The molecule has 0 aromatic rings. The summed E-state index contributed by atoms with van der Waals surface area (Å²) in [7, 11) is 0. The molecule has 0 rings (SSSR count). The van der Waals surface area contributed by atoms with Gasteiger partial charge in [-0.3, -0.25) is 9.59 Å². The van der Waals surface area contributed by atoms with E-state index in [1.54, 1.807) is 0 Å². The van der Waals surface area contributed by atoms with E-state index in [2.05, 4.69) is 11.4 Å². The highest BCUT2D eigenvalue weighted by Crippen LogP contribution is 1.87. The monoisotopic (exact) mass is 186 g/mol. The van der Waals surface area contributed by atoms with Gasteiger partial charge < -0.3 is 10.6 Å². The van der Waals surface area contributed by atoms with Crippen molar-refractivity contribution < 1.29 is 19.2 Å². The van der Waals surface area contributed by atoms with E-state index in [1.807, 2.05) is 5.48 Å². The van der Waals surface area contributed by atoms with E-state index >= 15 is 0 Å². The molecule has 0 unspecified atom stereocenters. The first-order valence-corrected chi connectivity index (χ1v) is 3.46. The van der Waals surface area contributed by atoms with Gasteiger partial charge >= 0.3 is 5.97 Å². The molecule has 0 atom stereocenters. The molecule has 0 bridgehead atoms.